The van der Waals surface area contributed by atoms with E-state index in [1.54, 1.807) is 0 Å². The molecule has 1 heterocycles. The highest BCUT2D eigenvalue weighted by Gasteiger charge is 2.22. The Balaban J connectivity index is 2.13. The second kappa shape index (κ2) is 10.4. The van der Waals surface area contributed by atoms with Crippen LogP contribution in [0.25, 0.3) is 0 Å². The minimum atomic E-state index is -0.606. The van der Waals surface area contributed by atoms with Crippen LogP contribution in [0.15, 0.2) is 35.1 Å². The molecule has 2 aromatic rings. The van der Waals surface area contributed by atoms with E-state index in [2.05, 4.69) is 15.0 Å². The fraction of sp³-hybridized carbons (Fsp3) is 0.353. The highest BCUT2D eigenvalue weighted by Crippen LogP contribution is 2.24. The van der Waals surface area contributed by atoms with Crippen LogP contribution in [-0.4, -0.2) is 53.1 Å². The maximum atomic E-state index is 12.9. The predicted octanol–water partition coefficient (Wildman–Crippen LogP) is 2.74. The third kappa shape index (κ3) is 6.03. The van der Waals surface area contributed by atoms with Gasteiger partial charge >= 0.3 is 0 Å². The van der Waals surface area contributed by atoms with Crippen LogP contribution in [0, 0.1) is 10.1 Å². The van der Waals surface area contributed by atoms with Gasteiger partial charge in [-0.25, -0.2) is 0 Å². The molecule has 1 aromatic heterocycles. The van der Waals surface area contributed by atoms with Crippen molar-refractivity contribution in [3.8, 4) is 0 Å². The lowest BCUT2D eigenvalue weighted by molar-refractivity contribution is -0.384. The third-order valence-corrected chi connectivity index (χ3v) is 3.95. The lowest BCUT2D eigenvalue weighted by Gasteiger charge is -2.22. The van der Waals surface area contributed by atoms with Gasteiger partial charge in [0.2, 0.25) is 5.91 Å². The fourth-order valence-corrected chi connectivity index (χ4v) is 2.60. The molecule has 0 saturated carbocycles. The molecule has 10 nitrogen and oxygen atoms in total. The van der Waals surface area contributed by atoms with Gasteiger partial charge in [-0.15, -0.1) is 0 Å². The summed E-state index contributed by atoms with van der Waals surface area (Å²) in [6, 6.07) is 5.02. The largest absolute Gasteiger partial charge is 0.382 e. The van der Waals surface area contributed by atoms with Crippen LogP contribution in [0.4, 0.5) is 11.5 Å². The molecule has 28 heavy (non-hydrogen) atoms. The monoisotopic (exact) mass is 410 g/mol. The summed E-state index contributed by atoms with van der Waals surface area (Å²) >= 11 is 6.05. The fourth-order valence-electron chi connectivity index (χ4n) is 2.35. The standard InChI is InChI=1S/C17H19ClN4O6/c1-2-27-8-3-7-21(11-16(23)19-15-6-9-28-20-15)17(24)13-5-4-12(22(25)26)10-14(13)18/h4-6,9-10H,2-3,7-8,11H2,1H3,(H,19,20,23). The Labute approximate surface area is 165 Å². The number of nitrogens with one attached hydrogen (secondary N) is 1. The molecule has 150 valence electrons. The van der Waals surface area contributed by atoms with Gasteiger partial charge in [0.25, 0.3) is 11.6 Å². The molecule has 0 aliphatic heterocycles. The van der Waals surface area contributed by atoms with Crippen LogP contribution in [0.5, 0.6) is 0 Å². The number of ether oxygens (including phenoxy) is 1. The summed E-state index contributed by atoms with van der Waals surface area (Å²) < 4.78 is 9.90. The first kappa shape index (κ1) is 21.3. The van der Waals surface area contributed by atoms with Gasteiger partial charge in [-0.1, -0.05) is 16.8 Å². The number of carbonyl (C=O) groups excluding carboxylic acids is 2. The van der Waals surface area contributed by atoms with E-state index in [0.29, 0.717) is 19.6 Å². The summed E-state index contributed by atoms with van der Waals surface area (Å²) in [6.45, 7) is 2.78. The van der Waals surface area contributed by atoms with Crippen LogP contribution < -0.4 is 5.32 Å². The Hall–Kier alpha value is -2.98. The van der Waals surface area contributed by atoms with Crippen molar-refractivity contribution in [2.24, 2.45) is 0 Å². The molecule has 2 rings (SSSR count). The molecule has 2 amide bonds. The van der Waals surface area contributed by atoms with Crippen molar-refractivity contribution in [1.29, 1.82) is 0 Å². The van der Waals surface area contributed by atoms with Gasteiger partial charge in [0, 0.05) is 38.0 Å². The van der Waals surface area contributed by atoms with Gasteiger partial charge in [-0.3, -0.25) is 19.7 Å². The van der Waals surface area contributed by atoms with Crippen molar-refractivity contribution >= 4 is 34.9 Å². The first-order chi connectivity index (χ1) is 13.4. The zero-order valence-electron chi connectivity index (χ0n) is 15.1. The summed E-state index contributed by atoms with van der Waals surface area (Å²) in [6.07, 6.45) is 1.80. The molecular formula is C17H19ClN4O6. The van der Waals surface area contributed by atoms with E-state index >= 15 is 0 Å². The molecule has 0 fully saturated rings. The van der Waals surface area contributed by atoms with Crippen molar-refractivity contribution in [2.75, 3.05) is 31.6 Å². The van der Waals surface area contributed by atoms with Crippen LogP contribution in [0.3, 0.4) is 0 Å². The maximum absolute atomic E-state index is 12.9. The first-order valence-corrected chi connectivity index (χ1v) is 8.81. The molecule has 0 aliphatic rings. The number of halogens is 1. The first-order valence-electron chi connectivity index (χ1n) is 8.43. The lowest BCUT2D eigenvalue weighted by atomic mass is 10.1. The number of amides is 2. The van der Waals surface area contributed by atoms with E-state index in [-0.39, 0.29) is 35.2 Å². The summed E-state index contributed by atoms with van der Waals surface area (Å²) in [5.74, 6) is -0.775. The predicted molar refractivity (Wildman–Crippen MR) is 100 cm³/mol. The Morgan fingerprint density at radius 1 is 1.39 bits per heavy atom. The molecule has 0 radical (unpaired) electrons. The Morgan fingerprint density at radius 3 is 2.79 bits per heavy atom. The number of hydrogen-bond donors (Lipinski definition) is 1. The number of nitro benzene ring substituents is 1. The average Bonchev–Trinajstić information content (AvgIpc) is 3.16. The third-order valence-electron chi connectivity index (χ3n) is 3.64. The minimum Gasteiger partial charge on any atom is -0.382 e. The van der Waals surface area contributed by atoms with E-state index in [1.807, 2.05) is 6.92 Å². The number of nitrogens with zero attached hydrogens (tertiary/aromatic N) is 3. The normalized spacial score (nSPS) is 10.5. The molecular weight excluding hydrogens is 392 g/mol. The smallest absolute Gasteiger partial charge is 0.270 e. The van der Waals surface area contributed by atoms with E-state index in [9.17, 15) is 19.7 Å². The number of carbonyl (C=O) groups is 2. The van der Waals surface area contributed by atoms with Gasteiger partial charge < -0.3 is 19.5 Å². The number of aromatic nitrogens is 1. The van der Waals surface area contributed by atoms with Gasteiger partial charge in [0.15, 0.2) is 5.82 Å². The highest BCUT2D eigenvalue weighted by atomic mass is 35.5. The molecule has 11 heteroatoms. The number of rotatable bonds is 10. The van der Waals surface area contributed by atoms with Gasteiger partial charge in [0.1, 0.15) is 12.8 Å². The van der Waals surface area contributed by atoms with Gasteiger partial charge in [-0.05, 0) is 19.4 Å². The zero-order chi connectivity index (χ0) is 20.5. The van der Waals surface area contributed by atoms with E-state index in [4.69, 9.17) is 16.3 Å². The maximum Gasteiger partial charge on any atom is 0.270 e. The zero-order valence-corrected chi connectivity index (χ0v) is 15.8. The molecule has 0 bridgehead atoms. The molecule has 0 atom stereocenters. The SMILES string of the molecule is CCOCCCN(CC(=O)Nc1ccon1)C(=O)c1ccc([N+](=O)[O-])cc1Cl. The molecule has 0 saturated heterocycles. The van der Waals surface area contributed by atoms with Gasteiger partial charge in [-0.2, -0.15) is 0 Å². The number of non-ortho nitro benzene ring substituents is 1. The number of benzene rings is 1. The number of anilines is 1. The Bertz CT molecular complexity index is 827. The van der Waals surface area contributed by atoms with Crippen LogP contribution in [0.2, 0.25) is 5.02 Å². The average molecular weight is 411 g/mol. The summed E-state index contributed by atoms with van der Waals surface area (Å²) in [4.78, 5) is 36.6. The summed E-state index contributed by atoms with van der Waals surface area (Å²) in [7, 11) is 0. The van der Waals surface area contributed by atoms with Crippen molar-refractivity contribution in [1.82, 2.24) is 10.1 Å². The molecule has 1 N–H and O–H groups in total. The molecule has 0 spiro atoms. The van der Waals surface area contributed by atoms with Crippen molar-refractivity contribution in [3.63, 3.8) is 0 Å². The van der Waals surface area contributed by atoms with Crippen LogP contribution >= 0.6 is 11.6 Å². The van der Waals surface area contributed by atoms with Crippen molar-refractivity contribution in [3.05, 3.63) is 51.2 Å². The van der Waals surface area contributed by atoms with Crippen molar-refractivity contribution in [2.45, 2.75) is 13.3 Å². The molecule has 0 unspecified atom stereocenters. The molecule has 1 aromatic carbocycles. The second-order valence-electron chi connectivity index (χ2n) is 5.63. The van der Waals surface area contributed by atoms with Gasteiger partial charge in [0.05, 0.1) is 15.5 Å². The van der Waals surface area contributed by atoms with Crippen molar-refractivity contribution < 1.29 is 23.8 Å². The summed E-state index contributed by atoms with van der Waals surface area (Å²) in [5.41, 5.74) is -0.161. The van der Waals surface area contributed by atoms with Crippen LogP contribution in [-0.2, 0) is 9.53 Å². The number of hydrogen-bond acceptors (Lipinski definition) is 7. The Morgan fingerprint density at radius 2 is 2.18 bits per heavy atom. The summed E-state index contributed by atoms with van der Waals surface area (Å²) in [5, 5.41) is 16.9. The topological polar surface area (TPSA) is 128 Å². The molecule has 0 aliphatic carbocycles. The highest BCUT2D eigenvalue weighted by molar-refractivity contribution is 6.34. The second-order valence-corrected chi connectivity index (χ2v) is 6.04. The lowest BCUT2D eigenvalue weighted by Crippen LogP contribution is -2.39. The Kier molecular flexibility index (Phi) is 7.90. The minimum absolute atomic E-state index is 0.0640. The van der Waals surface area contributed by atoms with E-state index < -0.39 is 16.7 Å². The quantitative estimate of drug-likeness (QED) is 0.362. The van der Waals surface area contributed by atoms with E-state index in [1.165, 1.54) is 29.4 Å². The number of nitro groups is 1. The van der Waals surface area contributed by atoms with E-state index in [0.717, 1.165) is 6.07 Å². The van der Waals surface area contributed by atoms with Crippen LogP contribution in [0.1, 0.15) is 23.7 Å².